The van der Waals surface area contributed by atoms with Crippen LogP contribution in [0.25, 0.3) is 0 Å². The summed E-state index contributed by atoms with van der Waals surface area (Å²) in [5, 5.41) is 0. The van der Waals surface area contributed by atoms with Crippen LogP contribution >= 0.6 is 15.9 Å². The van der Waals surface area contributed by atoms with Gasteiger partial charge in [-0.05, 0) is 60.2 Å². The zero-order valence-electron chi connectivity index (χ0n) is 12.3. The van der Waals surface area contributed by atoms with Gasteiger partial charge in [0.1, 0.15) is 5.75 Å². The maximum atomic E-state index is 6.22. The van der Waals surface area contributed by atoms with Gasteiger partial charge in [0.05, 0.1) is 10.6 Å². The summed E-state index contributed by atoms with van der Waals surface area (Å²) in [7, 11) is 0. The summed E-state index contributed by atoms with van der Waals surface area (Å²) in [5.41, 5.74) is 8.97. The van der Waals surface area contributed by atoms with Gasteiger partial charge in [-0.3, -0.25) is 0 Å². The predicted octanol–water partition coefficient (Wildman–Crippen LogP) is 4.46. The Balaban J connectivity index is 2.04. The molecule has 0 atom stereocenters. The van der Waals surface area contributed by atoms with Crippen molar-refractivity contribution in [1.82, 2.24) is 0 Å². The molecule has 0 heterocycles. The summed E-state index contributed by atoms with van der Waals surface area (Å²) in [6.07, 6.45) is 9.10. The van der Waals surface area contributed by atoms with Gasteiger partial charge in [-0.25, -0.2) is 0 Å². The molecule has 0 spiro atoms. The highest BCUT2D eigenvalue weighted by Crippen LogP contribution is 2.47. The Hall–Kier alpha value is -0.540. The van der Waals surface area contributed by atoms with Crippen molar-refractivity contribution in [3.8, 4) is 5.75 Å². The van der Waals surface area contributed by atoms with E-state index in [0.717, 1.165) is 16.8 Å². The molecule has 20 heavy (non-hydrogen) atoms. The first-order valence-electron chi connectivity index (χ1n) is 7.82. The van der Waals surface area contributed by atoms with Crippen molar-refractivity contribution in [2.45, 2.75) is 63.4 Å². The fourth-order valence-corrected chi connectivity index (χ4v) is 4.08. The van der Waals surface area contributed by atoms with Crippen LogP contribution in [0.15, 0.2) is 16.6 Å². The molecule has 2 saturated carbocycles. The molecule has 0 amide bonds. The topological polar surface area (TPSA) is 35.2 Å². The van der Waals surface area contributed by atoms with Crippen LogP contribution in [-0.4, -0.2) is 12.6 Å². The van der Waals surface area contributed by atoms with E-state index in [0.29, 0.717) is 6.10 Å². The van der Waals surface area contributed by atoms with Gasteiger partial charge in [0.15, 0.2) is 0 Å². The molecular formula is C17H24BrNO. The largest absolute Gasteiger partial charge is 0.489 e. The summed E-state index contributed by atoms with van der Waals surface area (Å²) in [6, 6.07) is 4.47. The van der Waals surface area contributed by atoms with Crippen molar-refractivity contribution in [1.29, 1.82) is 0 Å². The van der Waals surface area contributed by atoms with Crippen LogP contribution in [0.2, 0.25) is 0 Å². The molecule has 0 bridgehead atoms. The molecule has 2 nitrogen and oxygen atoms in total. The number of benzene rings is 1. The lowest BCUT2D eigenvalue weighted by Crippen LogP contribution is -2.37. The molecule has 110 valence electrons. The van der Waals surface area contributed by atoms with Crippen molar-refractivity contribution in [3.63, 3.8) is 0 Å². The lowest BCUT2D eigenvalue weighted by atomic mass is 9.69. The molecule has 0 saturated heterocycles. The highest BCUT2D eigenvalue weighted by atomic mass is 79.9. The number of aryl methyl sites for hydroxylation is 1. The summed E-state index contributed by atoms with van der Waals surface area (Å²) >= 11 is 3.71. The summed E-state index contributed by atoms with van der Waals surface area (Å²) in [4.78, 5) is 0. The van der Waals surface area contributed by atoms with Gasteiger partial charge in [-0.1, -0.05) is 25.3 Å². The van der Waals surface area contributed by atoms with Crippen molar-refractivity contribution in [2.24, 2.45) is 5.73 Å². The molecule has 3 rings (SSSR count). The Kier molecular flexibility index (Phi) is 4.09. The molecule has 1 aromatic rings. The lowest BCUT2D eigenvalue weighted by molar-refractivity contribution is 0.261. The fourth-order valence-electron chi connectivity index (χ4n) is 3.41. The summed E-state index contributed by atoms with van der Waals surface area (Å²) < 4.78 is 7.32. The highest BCUT2D eigenvalue weighted by Gasteiger charge is 2.37. The van der Waals surface area contributed by atoms with Crippen LogP contribution in [0.1, 0.15) is 56.1 Å². The van der Waals surface area contributed by atoms with Gasteiger partial charge in [0.2, 0.25) is 0 Å². The SMILES string of the molecule is Cc1cc(Br)c(OC2CC2)c(C2(CN)CCCCC2)c1. The van der Waals surface area contributed by atoms with Crippen LogP contribution < -0.4 is 10.5 Å². The van der Waals surface area contributed by atoms with Gasteiger partial charge in [-0.2, -0.15) is 0 Å². The number of rotatable bonds is 4. The summed E-state index contributed by atoms with van der Waals surface area (Å²) in [6.45, 7) is 2.88. The first kappa shape index (κ1) is 14.4. The van der Waals surface area contributed by atoms with Crippen molar-refractivity contribution in [2.75, 3.05) is 6.54 Å². The third-order valence-electron chi connectivity index (χ3n) is 4.77. The molecule has 2 fully saturated rings. The van der Waals surface area contributed by atoms with Crippen molar-refractivity contribution >= 4 is 15.9 Å². The minimum absolute atomic E-state index is 0.122. The van der Waals surface area contributed by atoms with Crippen LogP contribution in [0.5, 0.6) is 5.75 Å². The highest BCUT2D eigenvalue weighted by molar-refractivity contribution is 9.10. The van der Waals surface area contributed by atoms with E-state index in [2.05, 4.69) is 35.0 Å². The van der Waals surface area contributed by atoms with Crippen LogP contribution in [0, 0.1) is 6.92 Å². The fraction of sp³-hybridized carbons (Fsp3) is 0.647. The maximum absolute atomic E-state index is 6.22. The molecule has 2 aliphatic rings. The van der Waals surface area contributed by atoms with E-state index in [9.17, 15) is 0 Å². The van der Waals surface area contributed by atoms with E-state index in [-0.39, 0.29) is 5.41 Å². The Morgan fingerprint density at radius 2 is 1.95 bits per heavy atom. The van der Waals surface area contributed by atoms with E-state index >= 15 is 0 Å². The Bertz CT molecular complexity index is 490. The van der Waals surface area contributed by atoms with Gasteiger partial charge in [0.25, 0.3) is 0 Å². The van der Waals surface area contributed by atoms with Crippen molar-refractivity contribution < 1.29 is 4.74 Å². The molecule has 0 radical (unpaired) electrons. The molecule has 1 aromatic carbocycles. The molecule has 0 aromatic heterocycles. The lowest BCUT2D eigenvalue weighted by Gasteiger charge is -2.38. The van der Waals surface area contributed by atoms with E-state index in [1.54, 1.807) is 0 Å². The molecule has 0 unspecified atom stereocenters. The molecule has 3 heteroatoms. The quantitative estimate of drug-likeness (QED) is 0.880. The number of halogens is 1. The molecule has 2 N–H and O–H groups in total. The van der Waals surface area contributed by atoms with Gasteiger partial charge in [-0.15, -0.1) is 0 Å². The zero-order valence-corrected chi connectivity index (χ0v) is 13.8. The first-order valence-corrected chi connectivity index (χ1v) is 8.61. The van der Waals surface area contributed by atoms with E-state index in [4.69, 9.17) is 10.5 Å². The standard InChI is InChI=1S/C17H24BrNO/c1-12-9-14(17(11-19)7-3-2-4-8-17)16(15(18)10-12)20-13-5-6-13/h9-10,13H,2-8,11,19H2,1H3. The minimum Gasteiger partial charge on any atom is -0.489 e. The third-order valence-corrected chi connectivity index (χ3v) is 5.36. The Labute approximate surface area is 130 Å². The van der Waals surface area contributed by atoms with E-state index in [1.807, 2.05) is 0 Å². The second-order valence-electron chi connectivity index (χ2n) is 6.49. The molecule has 0 aliphatic heterocycles. The maximum Gasteiger partial charge on any atom is 0.137 e. The molecule has 2 aliphatic carbocycles. The van der Waals surface area contributed by atoms with Gasteiger partial charge in [0, 0.05) is 17.5 Å². The first-order chi connectivity index (χ1) is 9.64. The van der Waals surface area contributed by atoms with Gasteiger partial charge < -0.3 is 10.5 Å². The predicted molar refractivity (Wildman–Crippen MR) is 86.3 cm³/mol. The van der Waals surface area contributed by atoms with E-state index in [1.165, 1.54) is 56.1 Å². The number of hydrogen-bond donors (Lipinski definition) is 1. The smallest absolute Gasteiger partial charge is 0.137 e. The third kappa shape index (κ3) is 2.75. The number of hydrogen-bond acceptors (Lipinski definition) is 2. The Morgan fingerprint density at radius 3 is 2.55 bits per heavy atom. The summed E-state index contributed by atoms with van der Waals surface area (Å²) in [5.74, 6) is 1.06. The van der Waals surface area contributed by atoms with Gasteiger partial charge >= 0.3 is 0 Å². The van der Waals surface area contributed by atoms with E-state index < -0.39 is 0 Å². The number of nitrogens with two attached hydrogens (primary N) is 1. The normalized spacial score (nSPS) is 21.8. The monoisotopic (exact) mass is 337 g/mol. The van der Waals surface area contributed by atoms with Crippen LogP contribution in [0.3, 0.4) is 0 Å². The molecular weight excluding hydrogens is 314 g/mol. The van der Waals surface area contributed by atoms with Crippen molar-refractivity contribution in [3.05, 3.63) is 27.7 Å². The average molecular weight is 338 g/mol. The second-order valence-corrected chi connectivity index (χ2v) is 7.34. The zero-order chi connectivity index (χ0) is 14.2. The minimum atomic E-state index is 0.122. The second kappa shape index (κ2) is 5.69. The van der Waals surface area contributed by atoms with Crippen LogP contribution in [-0.2, 0) is 5.41 Å². The van der Waals surface area contributed by atoms with Crippen LogP contribution in [0.4, 0.5) is 0 Å². The average Bonchev–Trinajstić information content (AvgIpc) is 3.26. The Morgan fingerprint density at radius 1 is 1.25 bits per heavy atom. The number of ether oxygens (including phenoxy) is 1.